The van der Waals surface area contributed by atoms with Crippen LogP contribution in [0.5, 0.6) is 0 Å². The van der Waals surface area contributed by atoms with Gasteiger partial charge in [0.2, 0.25) is 0 Å². The summed E-state index contributed by atoms with van der Waals surface area (Å²) in [5, 5.41) is 9.49. The van der Waals surface area contributed by atoms with Gasteiger partial charge in [0.05, 0.1) is 24.2 Å². The quantitative estimate of drug-likeness (QED) is 0.722. The van der Waals surface area contributed by atoms with Crippen molar-refractivity contribution in [3.63, 3.8) is 0 Å². The fourth-order valence-corrected chi connectivity index (χ4v) is 3.64. The van der Waals surface area contributed by atoms with Gasteiger partial charge in [-0.15, -0.1) is 0 Å². The van der Waals surface area contributed by atoms with Gasteiger partial charge >= 0.3 is 0 Å². The van der Waals surface area contributed by atoms with Crippen molar-refractivity contribution in [1.29, 1.82) is 0 Å². The first-order valence-electron chi connectivity index (χ1n) is 4.99. The van der Waals surface area contributed by atoms with E-state index >= 15 is 0 Å². The molecule has 0 amide bonds. The van der Waals surface area contributed by atoms with Crippen LogP contribution in [0.2, 0.25) is 0 Å². The lowest BCUT2D eigenvalue weighted by molar-refractivity contribution is 0.0310. The first-order chi connectivity index (χ1) is 6.53. The minimum absolute atomic E-state index is 0.121. The van der Waals surface area contributed by atoms with Crippen LogP contribution in [0.3, 0.4) is 0 Å². The summed E-state index contributed by atoms with van der Waals surface area (Å²) in [6, 6.07) is 0. The molecular formula is C9H18O4S. The zero-order chi connectivity index (χ0) is 10.6. The predicted molar refractivity (Wildman–Crippen MR) is 53.9 cm³/mol. The van der Waals surface area contributed by atoms with E-state index in [1.54, 1.807) is 0 Å². The van der Waals surface area contributed by atoms with Gasteiger partial charge < -0.3 is 9.84 Å². The molecule has 1 heterocycles. The summed E-state index contributed by atoms with van der Waals surface area (Å²) in [7, 11) is -2.81. The lowest BCUT2D eigenvalue weighted by Gasteiger charge is -2.13. The van der Waals surface area contributed by atoms with Crippen LogP contribution in [0.1, 0.15) is 19.8 Å². The van der Waals surface area contributed by atoms with Crippen LogP contribution < -0.4 is 0 Å². The van der Waals surface area contributed by atoms with Crippen molar-refractivity contribution in [1.82, 2.24) is 0 Å². The van der Waals surface area contributed by atoms with Crippen LogP contribution in [-0.4, -0.2) is 44.3 Å². The third kappa shape index (κ3) is 3.94. The predicted octanol–water partition coefficient (Wildman–Crippen LogP) is 0.209. The molecule has 0 radical (unpaired) electrons. The molecule has 0 saturated carbocycles. The molecule has 0 spiro atoms. The van der Waals surface area contributed by atoms with Crippen molar-refractivity contribution in [2.75, 3.05) is 24.7 Å². The van der Waals surface area contributed by atoms with E-state index in [0.717, 1.165) is 0 Å². The fraction of sp³-hybridized carbons (Fsp3) is 1.00. The Bertz CT molecular complexity index is 260. The molecule has 5 heteroatoms. The van der Waals surface area contributed by atoms with Gasteiger partial charge in [0.15, 0.2) is 9.84 Å². The molecule has 0 aromatic carbocycles. The maximum Gasteiger partial charge on any atom is 0.150 e. The third-order valence-corrected chi connectivity index (χ3v) is 4.28. The molecule has 4 nitrogen and oxygen atoms in total. The Hall–Kier alpha value is -0.130. The van der Waals surface area contributed by atoms with Gasteiger partial charge in [-0.2, -0.15) is 0 Å². The zero-order valence-electron chi connectivity index (χ0n) is 8.48. The van der Waals surface area contributed by atoms with Crippen molar-refractivity contribution < 1.29 is 18.3 Å². The molecule has 14 heavy (non-hydrogen) atoms. The average Bonchev–Trinajstić information content (AvgIpc) is 2.42. The lowest BCUT2D eigenvalue weighted by Crippen LogP contribution is -2.20. The van der Waals surface area contributed by atoms with Crippen LogP contribution in [0.15, 0.2) is 0 Å². The van der Waals surface area contributed by atoms with E-state index in [2.05, 4.69) is 0 Å². The van der Waals surface area contributed by atoms with E-state index in [1.165, 1.54) is 0 Å². The van der Waals surface area contributed by atoms with E-state index in [0.29, 0.717) is 26.1 Å². The second kappa shape index (κ2) is 5.09. The first kappa shape index (κ1) is 11.9. The molecule has 0 aliphatic carbocycles. The monoisotopic (exact) mass is 222 g/mol. The van der Waals surface area contributed by atoms with Gasteiger partial charge in [0.25, 0.3) is 0 Å². The largest absolute Gasteiger partial charge is 0.391 e. The summed E-state index contributed by atoms with van der Waals surface area (Å²) in [5.41, 5.74) is 0. The molecule has 0 aromatic heterocycles. The number of hydrogen-bond acceptors (Lipinski definition) is 4. The summed E-state index contributed by atoms with van der Waals surface area (Å²) in [5.74, 6) is 0.630. The number of sulfone groups is 1. The van der Waals surface area contributed by atoms with Crippen molar-refractivity contribution in [2.24, 2.45) is 5.92 Å². The molecule has 1 aliphatic rings. The van der Waals surface area contributed by atoms with Gasteiger partial charge in [-0.25, -0.2) is 8.42 Å². The Kier molecular flexibility index (Phi) is 4.34. The Morgan fingerprint density at radius 1 is 1.57 bits per heavy atom. The Morgan fingerprint density at radius 3 is 2.79 bits per heavy atom. The molecule has 1 N–H and O–H groups in total. The number of aliphatic hydroxyl groups excluding tert-OH is 1. The van der Waals surface area contributed by atoms with E-state index < -0.39 is 15.9 Å². The van der Waals surface area contributed by atoms with Crippen LogP contribution in [0.25, 0.3) is 0 Å². The number of rotatable bonds is 5. The minimum Gasteiger partial charge on any atom is -0.391 e. The van der Waals surface area contributed by atoms with Gasteiger partial charge in [0.1, 0.15) is 0 Å². The van der Waals surface area contributed by atoms with Crippen molar-refractivity contribution in [3.8, 4) is 0 Å². The Morgan fingerprint density at radius 2 is 2.29 bits per heavy atom. The van der Waals surface area contributed by atoms with Gasteiger partial charge in [-0.1, -0.05) is 0 Å². The molecule has 2 atom stereocenters. The highest BCUT2D eigenvalue weighted by Gasteiger charge is 2.29. The van der Waals surface area contributed by atoms with E-state index in [9.17, 15) is 13.5 Å². The molecule has 0 aromatic rings. The van der Waals surface area contributed by atoms with Gasteiger partial charge in [0, 0.05) is 6.61 Å². The highest BCUT2D eigenvalue weighted by atomic mass is 32.2. The topological polar surface area (TPSA) is 63.6 Å². The smallest absolute Gasteiger partial charge is 0.150 e. The first-order valence-corrected chi connectivity index (χ1v) is 6.82. The minimum atomic E-state index is -2.81. The van der Waals surface area contributed by atoms with Crippen LogP contribution in [0, 0.1) is 5.92 Å². The molecule has 1 aliphatic heterocycles. The maximum atomic E-state index is 11.1. The van der Waals surface area contributed by atoms with Crippen LogP contribution >= 0.6 is 0 Å². The van der Waals surface area contributed by atoms with Crippen LogP contribution in [-0.2, 0) is 14.6 Å². The Balaban J connectivity index is 2.25. The SMILES string of the molecule is CCOCC(O)CC1CCS(=O)(=O)C1. The second-order valence-electron chi connectivity index (χ2n) is 3.82. The zero-order valence-corrected chi connectivity index (χ0v) is 9.29. The van der Waals surface area contributed by atoms with Gasteiger partial charge in [-0.05, 0) is 25.7 Å². The van der Waals surface area contributed by atoms with Crippen molar-refractivity contribution >= 4 is 9.84 Å². The summed E-state index contributed by atoms with van der Waals surface area (Å²) < 4.78 is 27.3. The summed E-state index contributed by atoms with van der Waals surface area (Å²) >= 11 is 0. The summed E-state index contributed by atoms with van der Waals surface area (Å²) in [4.78, 5) is 0. The standard InChI is InChI=1S/C9H18O4S/c1-2-13-6-9(10)5-8-3-4-14(11,12)7-8/h8-10H,2-7H2,1H3. The normalized spacial score (nSPS) is 27.7. The molecule has 84 valence electrons. The third-order valence-electron chi connectivity index (χ3n) is 2.45. The van der Waals surface area contributed by atoms with Crippen molar-refractivity contribution in [3.05, 3.63) is 0 Å². The molecule has 1 fully saturated rings. The highest BCUT2D eigenvalue weighted by Crippen LogP contribution is 2.22. The number of hydrogen-bond donors (Lipinski definition) is 1. The lowest BCUT2D eigenvalue weighted by atomic mass is 10.0. The molecular weight excluding hydrogens is 204 g/mol. The van der Waals surface area contributed by atoms with Crippen molar-refractivity contribution in [2.45, 2.75) is 25.9 Å². The van der Waals surface area contributed by atoms with Gasteiger partial charge in [-0.3, -0.25) is 0 Å². The molecule has 2 unspecified atom stereocenters. The number of aliphatic hydroxyl groups is 1. The Labute approximate surface area is 85.2 Å². The van der Waals surface area contributed by atoms with E-state index in [4.69, 9.17) is 4.74 Å². The van der Waals surface area contributed by atoms with Crippen LogP contribution in [0.4, 0.5) is 0 Å². The molecule has 1 rings (SSSR count). The van der Waals surface area contributed by atoms with E-state index in [-0.39, 0.29) is 17.4 Å². The highest BCUT2D eigenvalue weighted by molar-refractivity contribution is 7.91. The summed E-state index contributed by atoms with van der Waals surface area (Å²) in [6.45, 7) is 2.76. The van der Waals surface area contributed by atoms with E-state index in [1.807, 2.05) is 6.92 Å². The average molecular weight is 222 g/mol. The molecule has 0 bridgehead atoms. The maximum absolute atomic E-state index is 11.1. The summed E-state index contributed by atoms with van der Waals surface area (Å²) in [6.07, 6.45) is 0.707. The fourth-order valence-electron chi connectivity index (χ4n) is 1.76. The number of ether oxygens (including phenoxy) is 1. The second-order valence-corrected chi connectivity index (χ2v) is 6.05. The molecule has 1 saturated heterocycles.